The van der Waals surface area contributed by atoms with Crippen molar-refractivity contribution in [2.24, 2.45) is 10.9 Å². The molecule has 194 valence electrons. The van der Waals surface area contributed by atoms with Gasteiger partial charge in [0.1, 0.15) is 5.49 Å². The highest BCUT2D eigenvalue weighted by Crippen LogP contribution is 2.43. The summed E-state index contributed by atoms with van der Waals surface area (Å²) in [6, 6.07) is 25.3. The van der Waals surface area contributed by atoms with Gasteiger partial charge in [0.25, 0.3) is 0 Å². The van der Waals surface area contributed by atoms with Crippen LogP contribution in [-0.4, -0.2) is 36.1 Å². The predicted octanol–water partition coefficient (Wildman–Crippen LogP) is 6.63. The fourth-order valence-electron chi connectivity index (χ4n) is 4.65. The first-order valence-corrected chi connectivity index (χ1v) is 14.7. The van der Waals surface area contributed by atoms with Crippen LogP contribution in [-0.2, 0) is 11.3 Å². The van der Waals surface area contributed by atoms with E-state index in [0.29, 0.717) is 18.9 Å². The molecule has 2 aromatic carbocycles. The van der Waals surface area contributed by atoms with Crippen LogP contribution >= 0.6 is 8.58 Å². The molecule has 1 saturated heterocycles. The molecule has 1 aliphatic rings. The van der Waals surface area contributed by atoms with Gasteiger partial charge in [-0.1, -0.05) is 80.2 Å². The average Bonchev–Trinajstić information content (AvgIpc) is 3.76. The zero-order chi connectivity index (χ0) is 26.0. The molecule has 0 amide bonds. The van der Waals surface area contributed by atoms with Crippen molar-refractivity contribution in [2.75, 3.05) is 25.9 Å². The topological polar surface area (TPSA) is 38.5 Å². The van der Waals surface area contributed by atoms with Gasteiger partial charge in [0, 0.05) is 41.8 Å². The monoisotopic (exact) mass is 513 g/mol. The van der Waals surface area contributed by atoms with Crippen LogP contribution in [0.25, 0.3) is 16.8 Å². The van der Waals surface area contributed by atoms with E-state index in [1.807, 2.05) is 0 Å². The van der Waals surface area contributed by atoms with Gasteiger partial charge in [0.05, 0.1) is 13.2 Å². The molecule has 3 atom stereocenters. The van der Waals surface area contributed by atoms with Crippen molar-refractivity contribution in [3.8, 4) is 11.1 Å². The van der Waals surface area contributed by atoms with E-state index in [2.05, 4.69) is 116 Å². The quantitative estimate of drug-likeness (QED) is 0.261. The van der Waals surface area contributed by atoms with E-state index in [9.17, 15) is 0 Å². The minimum atomic E-state index is 0.100. The van der Waals surface area contributed by atoms with Gasteiger partial charge in [0.15, 0.2) is 0 Å². The number of hydrogen-bond acceptors (Lipinski definition) is 3. The van der Waals surface area contributed by atoms with Gasteiger partial charge < -0.3 is 14.6 Å². The minimum absolute atomic E-state index is 0.100. The highest BCUT2D eigenvalue weighted by atomic mass is 31.1. The number of nitrogens with one attached hydrogen (secondary N) is 1. The maximum atomic E-state index is 6.43. The number of pyridine rings is 1. The number of rotatable bonds is 13. The smallest absolute Gasteiger partial charge is 0.132 e. The summed E-state index contributed by atoms with van der Waals surface area (Å²) in [6.45, 7) is 13.6. The van der Waals surface area contributed by atoms with Crippen LogP contribution in [0.5, 0.6) is 0 Å². The summed E-state index contributed by atoms with van der Waals surface area (Å²) in [5, 5.41) is 3.77. The lowest BCUT2D eigenvalue weighted by Crippen LogP contribution is -2.33. The Morgan fingerprint density at radius 3 is 2.59 bits per heavy atom. The predicted molar refractivity (Wildman–Crippen MR) is 159 cm³/mol. The van der Waals surface area contributed by atoms with Gasteiger partial charge in [-0.2, -0.15) is 0 Å². The summed E-state index contributed by atoms with van der Waals surface area (Å²) in [6.07, 6.45) is 4.71. The molecule has 4 nitrogen and oxygen atoms in total. The van der Waals surface area contributed by atoms with Gasteiger partial charge in [-0.05, 0) is 55.3 Å². The molecule has 4 rings (SSSR count). The number of hydrogen-bond donors (Lipinski definition) is 1. The average molecular weight is 514 g/mol. The lowest BCUT2D eigenvalue weighted by Gasteiger charge is -2.25. The Kier molecular flexibility index (Phi) is 9.93. The Hall–Kier alpha value is -2.94. The maximum absolute atomic E-state index is 6.43. The molecule has 3 aromatic rings. The van der Waals surface area contributed by atoms with Gasteiger partial charge >= 0.3 is 0 Å². The Labute approximate surface area is 224 Å². The van der Waals surface area contributed by atoms with Crippen molar-refractivity contribution >= 4 is 14.3 Å². The number of aryl methyl sites for hydroxylation is 1. The largest absolute Gasteiger partial charge is 0.387 e. The third-order valence-electron chi connectivity index (χ3n) is 6.68. The Balaban J connectivity index is 1.54. The van der Waals surface area contributed by atoms with E-state index in [0.717, 1.165) is 45.0 Å². The molecule has 5 heteroatoms. The van der Waals surface area contributed by atoms with Gasteiger partial charge in [-0.3, -0.25) is 4.99 Å². The first-order chi connectivity index (χ1) is 18.1. The molecule has 2 heterocycles. The second kappa shape index (κ2) is 13.6. The number of benzene rings is 2. The molecule has 0 bridgehead atoms. The third kappa shape index (κ3) is 7.31. The number of aromatic nitrogens is 1. The van der Waals surface area contributed by atoms with Gasteiger partial charge in [0.2, 0.25) is 0 Å². The second-order valence-electron chi connectivity index (χ2n) is 9.47. The fourth-order valence-corrected chi connectivity index (χ4v) is 5.43. The first-order valence-electron chi connectivity index (χ1n) is 13.4. The van der Waals surface area contributed by atoms with E-state index in [-0.39, 0.29) is 5.92 Å². The molecule has 1 aliphatic heterocycles. The van der Waals surface area contributed by atoms with Crippen LogP contribution in [0.2, 0.25) is 0 Å². The standard InChI is InChI=1S/C32H40N3OP/c1-5-13-30(31-23-37-31)34-20-28(25(4)35-24(3)14-12-19-32(35)33-6-2)22-36-21-27-17-10-11-18-29(27)26-15-8-7-9-16-26/h7-19,28,31,34,37H,4-6,20-23H2,1-3H3/b30-13-,33-32?. The zero-order valence-corrected chi connectivity index (χ0v) is 23.4. The van der Waals surface area contributed by atoms with E-state index in [4.69, 9.17) is 9.73 Å². The number of allylic oxidation sites excluding steroid dienone is 2. The molecule has 3 unspecified atom stereocenters. The molecule has 1 N–H and O–H groups in total. The van der Waals surface area contributed by atoms with Crippen LogP contribution in [0.3, 0.4) is 0 Å². The summed E-state index contributed by atoms with van der Waals surface area (Å²) in [5.41, 5.74) is 8.82. The lowest BCUT2D eigenvalue weighted by molar-refractivity contribution is 0.101. The molecule has 1 fully saturated rings. The van der Waals surface area contributed by atoms with Crippen molar-refractivity contribution in [1.82, 2.24) is 9.88 Å². The second-order valence-corrected chi connectivity index (χ2v) is 11.0. The molecular formula is C32H40N3OP. The highest BCUT2D eigenvalue weighted by molar-refractivity contribution is 7.48. The normalized spacial score (nSPS) is 17.1. The zero-order valence-electron chi connectivity index (χ0n) is 22.4. The Morgan fingerprint density at radius 1 is 1.11 bits per heavy atom. The maximum Gasteiger partial charge on any atom is 0.132 e. The van der Waals surface area contributed by atoms with E-state index in [1.165, 1.54) is 28.5 Å². The van der Waals surface area contributed by atoms with Crippen LogP contribution in [0.15, 0.2) is 96.1 Å². The molecule has 0 spiro atoms. The van der Waals surface area contributed by atoms with Crippen LogP contribution in [0.1, 0.15) is 31.5 Å². The lowest BCUT2D eigenvalue weighted by atomic mass is 10.0. The summed E-state index contributed by atoms with van der Waals surface area (Å²) in [4.78, 5) is 4.74. The van der Waals surface area contributed by atoms with Crippen molar-refractivity contribution in [3.05, 3.63) is 108 Å². The molecule has 0 saturated carbocycles. The van der Waals surface area contributed by atoms with Crippen LogP contribution in [0, 0.1) is 12.8 Å². The van der Waals surface area contributed by atoms with Crippen molar-refractivity contribution in [1.29, 1.82) is 0 Å². The number of ether oxygens (including phenoxy) is 1. The van der Waals surface area contributed by atoms with Gasteiger partial charge in [-0.15, -0.1) is 8.58 Å². The summed E-state index contributed by atoms with van der Waals surface area (Å²) < 4.78 is 8.63. The third-order valence-corrected chi connectivity index (χ3v) is 7.81. The molecule has 37 heavy (non-hydrogen) atoms. The Morgan fingerprint density at radius 2 is 1.86 bits per heavy atom. The minimum Gasteiger partial charge on any atom is -0.387 e. The van der Waals surface area contributed by atoms with Crippen molar-refractivity contribution in [2.45, 2.75) is 39.5 Å². The summed E-state index contributed by atoms with van der Waals surface area (Å²) >= 11 is 0. The SMILES string of the molecule is C=C(C(CN/C(=C\CC)C1CP1)COCc1ccccc1-c1ccccc1)n1c(C)cccc1=NCC. The van der Waals surface area contributed by atoms with E-state index in [1.54, 1.807) is 0 Å². The molecule has 0 aliphatic carbocycles. The van der Waals surface area contributed by atoms with Gasteiger partial charge in [-0.25, -0.2) is 0 Å². The first kappa shape index (κ1) is 27.1. The Bertz CT molecular complexity index is 1270. The highest BCUT2D eigenvalue weighted by Gasteiger charge is 2.26. The van der Waals surface area contributed by atoms with Crippen LogP contribution < -0.4 is 10.8 Å². The van der Waals surface area contributed by atoms with Crippen molar-refractivity contribution in [3.63, 3.8) is 0 Å². The fraction of sp³-hybridized carbons (Fsp3) is 0.344. The molecule has 1 aromatic heterocycles. The molecule has 0 radical (unpaired) electrons. The van der Waals surface area contributed by atoms with Crippen LogP contribution in [0.4, 0.5) is 0 Å². The van der Waals surface area contributed by atoms with Crippen molar-refractivity contribution < 1.29 is 4.74 Å². The van der Waals surface area contributed by atoms with E-state index >= 15 is 0 Å². The van der Waals surface area contributed by atoms with E-state index < -0.39 is 0 Å². The summed E-state index contributed by atoms with van der Waals surface area (Å²) in [7, 11) is 1.04. The summed E-state index contributed by atoms with van der Waals surface area (Å²) in [5.74, 6) is 0.100. The molecular weight excluding hydrogens is 473 g/mol. The number of nitrogens with zero attached hydrogens (tertiary/aromatic N) is 2.